The van der Waals surface area contributed by atoms with Crippen molar-refractivity contribution in [2.24, 2.45) is 5.92 Å². The molecule has 1 aromatic rings. The van der Waals surface area contributed by atoms with Gasteiger partial charge in [0, 0.05) is 23.7 Å². The van der Waals surface area contributed by atoms with Crippen LogP contribution in [-0.4, -0.2) is 42.7 Å². The van der Waals surface area contributed by atoms with E-state index in [9.17, 15) is 9.59 Å². The topological polar surface area (TPSA) is 46.6 Å². The number of methoxy groups -OCH3 is 1. The Labute approximate surface area is 135 Å². The normalized spacial score (nSPS) is 15.4. The number of benzene rings is 1. The number of ether oxygens (including phenoxy) is 1. The molecule has 1 aliphatic heterocycles. The van der Waals surface area contributed by atoms with Crippen molar-refractivity contribution in [3.05, 3.63) is 42.5 Å². The summed E-state index contributed by atoms with van der Waals surface area (Å²) in [5.41, 5.74) is 0.728. The van der Waals surface area contributed by atoms with E-state index in [0.717, 1.165) is 16.2 Å². The van der Waals surface area contributed by atoms with Crippen LogP contribution >= 0.6 is 11.8 Å². The summed E-state index contributed by atoms with van der Waals surface area (Å²) in [6.07, 6.45) is 3.16. The Morgan fingerprint density at radius 3 is 2.68 bits per heavy atom. The molecule has 1 fully saturated rings. The highest BCUT2D eigenvalue weighted by Gasteiger charge is 2.28. The van der Waals surface area contributed by atoms with Crippen molar-refractivity contribution in [3.8, 4) is 0 Å². The van der Waals surface area contributed by atoms with Crippen molar-refractivity contribution < 1.29 is 14.3 Å². The Balaban J connectivity index is 2.04. The Morgan fingerprint density at radius 1 is 1.36 bits per heavy atom. The first-order valence-corrected chi connectivity index (χ1v) is 8.35. The van der Waals surface area contributed by atoms with Crippen LogP contribution in [0.3, 0.4) is 0 Å². The smallest absolute Gasteiger partial charge is 0.308 e. The zero-order valence-corrected chi connectivity index (χ0v) is 13.6. The van der Waals surface area contributed by atoms with Crippen LogP contribution in [0.2, 0.25) is 0 Å². The number of carbonyl (C=O) groups excluding carboxylic acids is 2. The first-order valence-electron chi connectivity index (χ1n) is 7.37. The molecule has 1 heterocycles. The van der Waals surface area contributed by atoms with Crippen molar-refractivity contribution in [1.82, 2.24) is 4.90 Å². The van der Waals surface area contributed by atoms with E-state index in [2.05, 4.69) is 6.58 Å². The first-order chi connectivity index (χ1) is 10.7. The molecule has 0 spiro atoms. The summed E-state index contributed by atoms with van der Waals surface area (Å²) in [5, 5.41) is 0. The van der Waals surface area contributed by atoms with E-state index >= 15 is 0 Å². The standard InChI is InChI=1S/C17H21NO3S/c1-3-12-22-15-7-5-4-6-14(15)16(19)18-10-8-13(9-11-18)17(20)21-2/h3-7,13H,1,8-12H2,2H3. The van der Waals surface area contributed by atoms with Gasteiger partial charge >= 0.3 is 5.97 Å². The number of amides is 1. The number of thioether (sulfide) groups is 1. The van der Waals surface area contributed by atoms with E-state index < -0.39 is 0 Å². The summed E-state index contributed by atoms with van der Waals surface area (Å²) in [7, 11) is 1.41. The second-order valence-corrected chi connectivity index (χ2v) is 6.25. The van der Waals surface area contributed by atoms with E-state index in [1.54, 1.807) is 11.8 Å². The largest absolute Gasteiger partial charge is 0.469 e. The molecule has 118 valence electrons. The van der Waals surface area contributed by atoms with Gasteiger partial charge in [-0.15, -0.1) is 18.3 Å². The van der Waals surface area contributed by atoms with E-state index in [4.69, 9.17) is 4.74 Å². The lowest BCUT2D eigenvalue weighted by atomic mass is 9.96. The molecule has 0 radical (unpaired) electrons. The number of hydrogen-bond donors (Lipinski definition) is 0. The van der Waals surface area contributed by atoms with Crippen LogP contribution in [0, 0.1) is 5.92 Å². The molecule has 22 heavy (non-hydrogen) atoms. The van der Waals surface area contributed by atoms with Crippen LogP contribution in [0.4, 0.5) is 0 Å². The van der Waals surface area contributed by atoms with Gasteiger partial charge in [0.25, 0.3) is 5.91 Å². The molecule has 0 unspecified atom stereocenters. The Morgan fingerprint density at radius 2 is 2.05 bits per heavy atom. The third-order valence-corrected chi connectivity index (χ3v) is 4.86. The van der Waals surface area contributed by atoms with Crippen LogP contribution in [0.15, 0.2) is 41.8 Å². The van der Waals surface area contributed by atoms with Gasteiger partial charge in [0.1, 0.15) is 0 Å². The second-order valence-electron chi connectivity index (χ2n) is 5.19. The summed E-state index contributed by atoms with van der Waals surface area (Å²) in [5.74, 6) is 0.554. The van der Waals surface area contributed by atoms with Gasteiger partial charge in [0.2, 0.25) is 0 Å². The number of piperidine rings is 1. The minimum Gasteiger partial charge on any atom is -0.469 e. The van der Waals surface area contributed by atoms with Crippen molar-refractivity contribution in [3.63, 3.8) is 0 Å². The number of hydrogen-bond acceptors (Lipinski definition) is 4. The monoisotopic (exact) mass is 319 g/mol. The number of likely N-dealkylation sites (tertiary alicyclic amines) is 1. The fraction of sp³-hybridized carbons (Fsp3) is 0.412. The Bertz CT molecular complexity index is 551. The number of nitrogens with zero attached hydrogens (tertiary/aromatic N) is 1. The van der Waals surface area contributed by atoms with E-state index in [1.165, 1.54) is 7.11 Å². The van der Waals surface area contributed by atoms with Gasteiger partial charge in [-0.25, -0.2) is 0 Å². The molecule has 2 rings (SSSR count). The lowest BCUT2D eigenvalue weighted by Gasteiger charge is -2.31. The molecule has 0 N–H and O–H groups in total. The molecule has 1 amide bonds. The highest BCUT2D eigenvalue weighted by Crippen LogP contribution is 2.26. The molecule has 1 aliphatic rings. The lowest BCUT2D eigenvalue weighted by molar-refractivity contribution is -0.146. The van der Waals surface area contributed by atoms with Gasteiger partial charge in [-0.3, -0.25) is 9.59 Å². The van der Waals surface area contributed by atoms with Crippen molar-refractivity contribution in [1.29, 1.82) is 0 Å². The third-order valence-electron chi connectivity index (χ3n) is 3.79. The van der Waals surface area contributed by atoms with Gasteiger partial charge in [-0.1, -0.05) is 18.2 Å². The average molecular weight is 319 g/mol. The highest BCUT2D eigenvalue weighted by molar-refractivity contribution is 7.99. The van der Waals surface area contributed by atoms with Crippen LogP contribution in [-0.2, 0) is 9.53 Å². The quantitative estimate of drug-likeness (QED) is 0.475. The van der Waals surface area contributed by atoms with Crippen LogP contribution < -0.4 is 0 Å². The number of carbonyl (C=O) groups is 2. The van der Waals surface area contributed by atoms with E-state index in [-0.39, 0.29) is 17.8 Å². The van der Waals surface area contributed by atoms with Crippen LogP contribution in [0.1, 0.15) is 23.2 Å². The van der Waals surface area contributed by atoms with E-state index in [0.29, 0.717) is 25.9 Å². The van der Waals surface area contributed by atoms with Gasteiger partial charge < -0.3 is 9.64 Å². The Kier molecular flexibility index (Phi) is 6.07. The van der Waals surface area contributed by atoms with E-state index in [1.807, 2.05) is 35.2 Å². The highest BCUT2D eigenvalue weighted by atomic mass is 32.2. The molecule has 4 nitrogen and oxygen atoms in total. The Hall–Kier alpha value is -1.75. The molecule has 1 saturated heterocycles. The molecule has 0 aliphatic carbocycles. The molecule has 1 aromatic carbocycles. The molecule has 0 aromatic heterocycles. The van der Waals surface area contributed by atoms with Gasteiger partial charge in [0.05, 0.1) is 18.6 Å². The van der Waals surface area contributed by atoms with Crippen molar-refractivity contribution in [2.45, 2.75) is 17.7 Å². The molecular weight excluding hydrogens is 298 g/mol. The average Bonchev–Trinajstić information content (AvgIpc) is 2.59. The van der Waals surface area contributed by atoms with Gasteiger partial charge in [0.15, 0.2) is 0 Å². The van der Waals surface area contributed by atoms with Crippen LogP contribution in [0.5, 0.6) is 0 Å². The predicted molar refractivity (Wildman–Crippen MR) is 88.0 cm³/mol. The molecule has 0 atom stereocenters. The van der Waals surface area contributed by atoms with Crippen LogP contribution in [0.25, 0.3) is 0 Å². The number of esters is 1. The maximum Gasteiger partial charge on any atom is 0.308 e. The minimum absolute atomic E-state index is 0.0375. The summed E-state index contributed by atoms with van der Waals surface area (Å²) in [4.78, 5) is 27.0. The SMILES string of the molecule is C=CCSc1ccccc1C(=O)N1CCC(C(=O)OC)CC1. The summed E-state index contributed by atoms with van der Waals surface area (Å²) < 4.78 is 4.78. The molecule has 0 bridgehead atoms. The fourth-order valence-corrected chi connectivity index (χ4v) is 3.36. The van der Waals surface area contributed by atoms with Crippen molar-refractivity contribution >= 4 is 23.6 Å². The maximum absolute atomic E-state index is 12.7. The first kappa shape index (κ1) is 16.6. The fourth-order valence-electron chi connectivity index (χ4n) is 2.57. The zero-order valence-electron chi connectivity index (χ0n) is 12.8. The summed E-state index contributed by atoms with van der Waals surface area (Å²) >= 11 is 1.61. The summed E-state index contributed by atoms with van der Waals surface area (Å²) in [6, 6.07) is 7.64. The second kappa shape index (κ2) is 8.03. The van der Waals surface area contributed by atoms with Gasteiger partial charge in [-0.2, -0.15) is 0 Å². The lowest BCUT2D eigenvalue weighted by Crippen LogP contribution is -2.40. The third kappa shape index (κ3) is 3.91. The molecule has 5 heteroatoms. The molecular formula is C17H21NO3S. The maximum atomic E-state index is 12.7. The summed E-state index contributed by atoms with van der Waals surface area (Å²) in [6.45, 7) is 4.91. The number of rotatable bonds is 5. The van der Waals surface area contributed by atoms with Crippen molar-refractivity contribution in [2.75, 3.05) is 26.0 Å². The minimum atomic E-state index is -0.172. The predicted octanol–water partition coefficient (Wildman–Crippen LogP) is 2.99. The van der Waals surface area contributed by atoms with Gasteiger partial charge in [-0.05, 0) is 25.0 Å². The molecule has 0 saturated carbocycles. The zero-order chi connectivity index (χ0) is 15.9.